The lowest BCUT2D eigenvalue weighted by Gasteiger charge is -2.24. The molecule has 0 spiro atoms. The van der Waals surface area contributed by atoms with Gasteiger partial charge in [-0.25, -0.2) is 0 Å². The van der Waals surface area contributed by atoms with Crippen LogP contribution in [0.5, 0.6) is 0 Å². The maximum Gasteiger partial charge on any atom is 0.238 e. The molecule has 1 saturated carbocycles. The lowest BCUT2D eigenvalue weighted by molar-refractivity contribution is -0.117. The second-order valence-electron chi connectivity index (χ2n) is 6.04. The number of hydrogen-bond donors (Lipinski definition) is 1. The van der Waals surface area contributed by atoms with Crippen molar-refractivity contribution in [1.29, 1.82) is 0 Å². The average Bonchev–Trinajstić information content (AvgIpc) is 3.21. The van der Waals surface area contributed by atoms with Gasteiger partial charge in [-0.1, -0.05) is 29.3 Å². The number of benzene rings is 1. The van der Waals surface area contributed by atoms with Crippen LogP contribution in [0.15, 0.2) is 18.2 Å². The first-order valence-electron chi connectivity index (χ1n) is 7.69. The second kappa shape index (κ2) is 7.18. The normalized spacial score (nSPS) is 21.3. The molecule has 1 aliphatic carbocycles. The first kappa shape index (κ1) is 16.1. The van der Waals surface area contributed by atoms with Gasteiger partial charge in [0, 0.05) is 19.2 Å². The van der Waals surface area contributed by atoms with E-state index in [9.17, 15) is 4.79 Å². The van der Waals surface area contributed by atoms with Crippen LogP contribution in [0.1, 0.15) is 19.3 Å². The van der Waals surface area contributed by atoms with Gasteiger partial charge in [-0.15, -0.1) is 0 Å². The Kier molecular flexibility index (Phi) is 5.24. The predicted molar refractivity (Wildman–Crippen MR) is 88.6 cm³/mol. The lowest BCUT2D eigenvalue weighted by Crippen LogP contribution is -2.38. The van der Waals surface area contributed by atoms with Crippen LogP contribution in [0.4, 0.5) is 5.69 Å². The molecule has 0 radical (unpaired) electrons. The maximum absolute atomic E-state index is 12.3. The number of nitrogens with zero attached hydrogens (tertiary/aromatic N) is 1. The summed E-state index contributed by atoms with van der Waals surface area (Å²) in [5, 5.41) is 3.70. The largest absolute Gasteiger partial charge is 0.381 e. The highest BCUT2D eigenvalue weighted by molar-refractivity contribution is 6.43. The molecule has 120 valence electrons. The van der Waals surface area contributed by atoms with E-state index in [1.165, 1.54) is 12.8 Å². The molecule has 1 N–H and O–H groups in total. The fraction of sp³-hybridized carbons (Fsp3) is 0.562. The fourth-order valence-corrected chi connectivity index (χ4v) is 3.16. The van der Waals surface area contributed by atoms with E-state index in [0.29, 0.717) is 34.2 Å². The Labute approximate surface area is 140 Å². The van der Waals surface area contributed by atoms with Crippen LogP contribution in [-0.2, 0) is 9.53 Å². The first-order valence-corrected chi connectivity index (χ1v) is 8.44. The number of hydrogen-bond acceptors (Lipinski definition) is 3. The zero-order chi connectivity index (χ0) is 15.5. The Hall–Kier alpha value is -0.810. The number of carbonyl (C=O) groups excluding carboxylic acids is 1. The molecule has 6 heteroatoms. The van der Waals surface area contributed by atoms with Gasteiger partial charge < -0.3 is 10.1 Å². The molecule has 1 heterocycles. The summed E-state index contributed by atoms with van der Waals surface area (Å²) >= 11 is 12.1. The molecular weight excluding hydrogens is 323 g/mol. The smallest absolute Gasteiger partial charge is 0.238 e. The van der Waals surface area contributed by atoms with Crippen LogP contribution in [0.3, 0.4) is 0 Å². The van der Waals surface area contributed by atoms with Gasteiger partial charge in [-0.3, -0.25) is 9.69 Å². The van der Waals surface area contributed by atoms with E-state index < -0.39 is 0 Å². The number of ether oxygens (including phenoxy) is 1. The molecule has 1 aromatic rings. The van der Waals surface area contributed by atoms with E-state index in [0.717, 1.165) is 26.2 Å². The molecule has 0 bridgehead atoms. The SMILES string of the molecule is O=C(CN(CC1CCOC1)C1CC1)Nc1cccc(Cl)c1Cl. The monoisotopic (exact) mass is 342 g/mol. The van der Waals surface area contributed by atoms with Crippen molar-refractivity contribution in [2.75, 3.05) is 31.6 Å². The fourth-order valence-electron chi connectivity index (χ4n) is 2.82. The minimum Gasteiger partial charge on any atom is -0.381 e. The number of carbonyl (C=O) groups is 1. The van der Waals surface area contributed by atoms with Crippen molar-refractivity contribution in [1.82, 2.24) is 4.90 Å². The van der Waals surface area contributed by atoms with Crippen LogP contribution in [-0.4, -0.2) is 43.2 Å². The highest BCUT2D eigenvalue weighted by atomic mass is 35.5. The average molecular weight is 343 g/mol. The minimum absolute atomic E-state index is 0.0463. The highest BCUT2D eigenvalue weighted by Crippen LogP contribution is 2.31. The Morgan fingerprint density at radius 3 is 2.82 bits per heavy atom. The summed E-state index contributed by atoms with van der Waals surface area (Å²) in [4.78, 5) is 14.6. The number of halogens is 2. The molecular formula is C16H20Cl2N2O2. The van der Waals surface area contributed by atoms with Crippen LogP contribution in [0.2, 0.25) is 10.0 Å². The molecule has 0 aromatic heterocycles. The topological polar surface area (TPSA) is 41.6 Å². The maximum atomic E-state index is 12.3. The summed E-state index contributed by atoms with van der Waals surface area (Å²) in [5.41, 5.74) is 0.569. The molecule has 4 nitrogen and oxygen atoms in total. The van der Waals surface area contributed by atoms with Crippen molar-refractivity contribution in [3.63, 3.8) is 0 Å². The quantitative estimate of drug-likeness (QED) is 0.860. The van der Waals surface area contributed by atoms with Crippen molar-refractivity contribution in [3.8, 4) is 0 Å². The standard InChI is InChI=1S/C16H20Cl2N2O2/c17-13-2-1-3-14(16(13)18)19-15(21)9-20(12-4-5-12)8-11-6-7-22-10-11/h1-3,11-12H,4-10H2,(H,19,21). The van der Waals surface area contributed by atoms with Crippen LogP contribution in [0, 0.1) is 5.92 Å². The molecule has 1 atom stereocenters. The minimum atomic E-state index is -0.0463. The van der Waals surface area contributed by atoms with Crippen LogP contribution >= 0.6 is 23.2 Å². The number of nitrogens with one attached hydrogen (secondary N) is 1. The molecule has 1 aromatic carbocycles. The zero-order valence-corrected chi connectivity index (χ0v) is 13.9. The van der Waals surface area contributed by atoms with Crippen LogP contribution in [0.25, 0.3) is 0 Å². The van der Waals surface area contributed by atoms with E-state index in [-0.39, 0.29) is 5.91 Å². The highest BCUT2D eigenvalue weighted by Gasteiger charge is 2.32. The van der Waals surface area contributed by atoms with Gasteiger partial charge in [-0.2, -0.15) is 0 Å². The molecule has 1 amide bonds. The van der Waals surface area contributed by atoms with Crippen molar-refractivity contribution < 1.29 is 9.53 Å². The van der Waals surface area contributed by atoms with Crippen molar-refractivity contribution in [2.45, 2.75) is 25.3 Å². The van der Waals surface area contributed by atoms with Gasteiger partial charge >= 0.3 is 0 Å². The van der Waals surface area contributed by atoms with E-state index >= 15 is 0 Å². The molecule has 2 fully saturated rings. The van der Waals surface area contributed by atoms with Gasteiger partial charge in [0.2, 0.25) is 5.91 Å². The van der Waals surface area contributed by atoms with E-state index in [1.54, 1.807) is 18.2 Å². The number of rotatable bonds is 6. The van der Waals surface area contributed by atoms with Gasteiger partial charge in [0.15, 0.2) is 0 Å². The zero-order valence-electron chi connectivity index (χ0n) is 12.4. The Bertz CT molecular complexity index is 543. The van der Waals surface area contributed by atoms with Crippen molar-refractivity contribution >= 4 is 34.8 Å². The van der Waals surface area contributed by atoms with Crippen molar-refractivity contribution in [3.05, 3.63) is 28.2 Å². The van der Waals surface area contributed by atoms with E-state index in [4.69, 9.17) is 27.9 Å². The van der Waals surface area contributed by atoms with E-state index in [2.05, 4.69) is 10.2 Å². The van der Waals surface area contributed by atoms with E-state index in [1.807, 2.05) is 0 Å². The van der Waals surface area contributed by atoms with Gasteiger partial charge in [0.25, 0.3) is 0 Å². The second-order valence-corrected chi connectivity index (χ2v) is 6.82. The predicted octanol–water partition coefficient (Wildman–Crippen LogP) is 3.43. The Morgan fingerprint density at radius 1 is 1.32 bits per heavy atom. The summed E-state index contributed by atoms with van der Waals surface area (Å²) in [6.45, 7) is 2.98. The third kappa shape index (κ3) is 4.13. The number of anilines is 1. The summed E-state index contributed by atoms with van der Waals surface area (Å²) in [7, 11) is 0. The van der Waals surface area contributed by atoms with Gasteiger partial charge in [0.1, 0.15) is 0 Å². The first-order chi connectivity index (χ1) is 10.6. The molecule has 2 aliphatic rings. The third-order valence-electron chi connectivity index (χ3n) is 4.15. The molecule has 1 saturated heterocycles. The summed E-state index contributed by atoms with van der Waals surface area (Å²) < 4.78 is 5.43. The van der Waals surface area contributed by atoms with Gasteiger partial charge in [0.05, 0.1) is 28.9 Å². The Morgan fingerprint density at radius 2 is 2.14 bits per heavy atom. The molecule has 1 unspecified atom stereocenters. The molecule has 1 aliphatic heterocycles. The van der Waals surface area contributed by atoms with Crippen LogP contribution < -0.4 is 5.32 Å². The third-order valence-corrected chi connectivity index (χ3v) is 4.97. The Balaban J connectivity index is 1.57. The lowest BCUT2D eigenvalue weighted by atomic mass is 10.1. The summed E-state index contributed by atoms with van der Waals surface area (Å²) in [6.07, 6.45) is 3.45. The molecule has 3 rings (SSSR count). The summed E-state index contributed by atoms with van der Waals surface area (Å²) in [5.74, 6) is 0.498. The van der Waals surface area contributed by atoms with Gasteiger partial charge in [-0.05, 0) is 37.3 Å². The summed E-state index contributed by atoms with van der Waals surface area (Å²) in [6, 6.07) is 5.79. The van der Waals surface area contributed by atoms with Crippen molar-refractivity contribution in [2.24, 2.45) is 5.92 Å². The number of amides is 1. The molecule has 22 heavy (non-hydrogen) atoms.